The molecule has 0 aliphatic carbocycles. The monoisotopic (exact) mass is 518 g/mol. The lowest BCUT2D eigenvalue weighted by molar-refractivity contribution is 0.279. The minimum Gasteiger partial charge on any atom is -0.494 e. The number of nitrogens with one attached hydrogen (secondary N) is 1. The van der Waals surface area contributed by atoms with Crippen LogP contribution in [-0.4, -0.2) is 49.3 Å². The molecule has 0 unspecified atom stereocenters. The highest BCUT2D eigenvalue weighted by Gasteiger charge is 2.10. The predicted octanol–water partition coefficient (Wildman–Crippen LogP) is 4.34. The molecule has 0 bridgehead atoms. The molecule has 0 fully saturated rings. The first kappa shape index (κ1) is 26.3. The summed E-state index contributed by atoms with van der Waals surface area (Å²) in [5.74, 6) is 1.58. The fourth-order valence-electron chi connectivity index (χ4n) is 3.02. The van der Waals surface area contributed by atoms with Crippen LogP contribution in [-0.2, 0) is 9.84 Å². The van der Waals surface area contributed by atoms with Crippen molar-refractivity contribution in [3.8, 4) is 22.8 Å². The predicted molar refractivity (Wildman–Crippen MR) is 139 cm³/mol. The lowest BCUT2D eigenvalue weighted by Crippen LogP contribution is -2.15. The molecule has 0 saturated carbocycles. The molecular weight excluding hydrogens is 488 g/mol. The minimum atomic E-state index is -3.10. The molecule has 3 rings (SSSR count). The van der Waals surface area contributed by atoms with E-state index in [2.05, 4.69) is 15.5 Å². The molecule has 2 aromatic carbocycles. The standard InChI is InChI=1S/C24H30N4O5S2/c1-2-35(30,31)17-26-24-27-22(16-34-24)18-6-10-20(11-7-18)32-14-4-3-5-15-33-21-12-8-19(9-13-21)23(25)28-29/h6-13,16,29H,2-5,14-15,17H2,1H3,(H2,25,28)(H,26,27). The van der Waals surface area contributed by atoms with Crippen molar-refractivity contribution in [3.05, 3.63) is 59.5 Å². The van der Waals surface area contributed by atoms with Gasteiger partial charge < -0.3 is 25.7 Å². The van der Waals surface area contributed by atoms with Crippen LogP contribution in [0.5, 0.6) is 11.5 Å². The van der Waals surface area contributed by atoms with Crippen molar-refractivity contribution >= 4 is 32.1 Å². The Morgan fingerprint density at radius 1 is 1.03 bits per heavy atom. The Hall–Kier alpha value is -3.31. The average molecular weight is 519 g/mol. The molecule has 1 aromatic heterocycles. The van der Waals surface area contributed by atoms with Gasteiger partial charge in [0.2, 0.25) is 0 Å². The van der Waals surface area contributed by atoms with Gasteiger partial charge in [-0.2, -0.15) is 0 Å². The molecule has 0 atom stereocenters. The molecule has 1 heterocycles. The molecule has 188 valence electrons. The number of nitrogens with two attached hydrogens (primary N) is 1. The van der Waals surface area contributed by atoms with Crippen LogP contribution in [0.3, 0.4) is 0 Å². The van der Waals surface area contributed by atoms with Gasteiger partial charge in [-0.1, -0.05) is 12.1 Å². The van der Waals surface area contributed by atoms with E-state index in [4.69, 9.17) is 20.4 Å². The third-order valence-corrected chi connectivity index (χ3v) is 7.39. The Kier molecular flexibility index (Phi) is 9.74. The van der Waals surface area contributed by atoms with E-state index in [1.807, 2.05) is 29.6 Å². The molecule has 4 N–H and O–H groups in total. The van der Waals surface area contributed by atoms with E-state index in [9.17, 15) is 8.42 Å². The summed E-state index contributed by atoms with van der Waals surface area (Å²) in [4.78, 5) is 4.46. The Bertz CT molecular complexity index is 1190. The number of benzene rings is 2. The zero-order valence-electron chi connectivity index (χ0n) is 19.5. The summed E-state index contributed by atoms with van der Waals surface area (Å²) in [5.41, 5.74) is 7.91. The zero-order chi connectivity index (χ0) is 25.1. The van der Waals surface area contributed by atoms with Crippen molar-refractivity contribution in [2.75, 3.05) is 30.2 Å². The number of hydrogen-bond acceptors (Lipinski definition) is 9. The Labute approximate surface area is 209 Å². The molecule has 0 amide bonds. The van der Waals surface area contributed by atoms with Crippen molar-refractivity contribution in [2.24, 2.45) is 10.9 Å². The summed E-state index contributed by atoms with van der Waals surface area (Å²) in [6.45, 7) is 2.84. The van der Waals surface area contributed by atoms with Crippen LogP contribution in [0, 0.1) is 0 Å². The number of unbranched alkanes of at least 4 members (excludes halogenated alkanes) is 2. The van der Waals surface area contributed by atoms with Gasteiger partial charge in [0, 0.05) is 22.3 Å². The molecule has 0 spiro atoms. The quantitative estimate of drug-likeness (QED) is 0.0943. The van der Waals surface area contributed by atoms with Gasteiger partial charge in [0.25, 0.3) is 0 Å². The van der Waals surface area contributed by atoms with Crippen molar-refractivity contribution in [3.63, 3.8) is 0 Å². The van der Waals surface area contributed by atoms with E-state index < -0.39 is 9.84 Å². The van der Waals surface area contributed by atoms with E-state index >= 15 is 0 Å². The maximum Gasteiger partial charge on any atom is 0.184 e. The van der Waals surface area contributed by atoms with E-state index in [0.29, 0.717) is 23.9 Å². The van der Waals surface area contributed by atoms with Crippen LogP contribution in [0.1, 0.15) is 31.7 Å². The largest absolute Gasteiger partial charge is 0.494 e. The summed E-state index contributed by atoms with van der Waals surface area (Å²) >= 11 is 1.38. The van der Waals surface area contributed by atoms with Crippen molar-refractivity contribution in [1.29, 1.82) is 0 Å². The van der Waals surface area contributed by atoms with Crippen LogP contribution in [0.25, 0.3) is 11.3 Å². The van der Waals surface area contributed by atoms with Crippen LogP contribution in [0.15, 0.2) is 59.1 Å². The second kappa shape index (κ2) is 13.0. The van der Waals surface area contributed by atoms with E-state index in [1.54, 1.807) is 31.2 Å². The number of nitrogens with zero attached hydrogens (tertiary/aromatic N) is 2. The topological polar surface area (TPSA) is 136 Å². The van der Waals surface area contributed by atoms with Gasteiger partial charge in [-0.3, -0.25) is 0 Å². The van der Waals surface area contributed by atoms with Crippen LogP contribution in [0.2, 0.25) is 0 Å². The van der Waals surface area contributed by atoms with Gasteiger partial charge in [0.15, 0.2) is 20.8 Å². The van der Waals surface area contributed by atoms with Crippen molar-refractivity contribution < 1.29 is 23.1 Å². The van der Waals surface area contributed by atoms with E-state index in [0.717, 1.165) is 42.0 Å². The number of hydrogen-bond donors (Lipinski definition) is 3. The van der Waals surface area contributed by atoms with E-state index in [1.165, 1.54) is 11.3 Å². The Balaban J connectivity index is 1.33. The molecule has 11 heteroatoms. The normalized spacial score (nSPS) is 11.9. The van der Waals surface area contributed by atoms with Gasteiger partial charge in [-0.15, -0.1) is 11.3 Å². The molecular formula is C24H30N4O5S2. The lowest BCUT2D eigenvalue weighted by atomic mass is 10.2. The first-order valence-corrected chi connectivity index (χ1v) is 13.9. The summed E-state index contributed by atoms with van der Waals surface area (Å²) in [6, 6.07) is 14.8. The maximum absolute atomic E-state index is 11.6. The second-order valence-electron chi connectivity index (χ2n) is 7.68. The highest BCUT2D eigenvalue weighted by molar-refractivity contribution is 7.91. The Morgan fingerprint density at radius 3 is 2.20 bits per heavy atom. The van der Waals surface area contributed by atoms with Gasteiger partial charge >= 0.3 is 0 Å². The Morgan fingerprint density at radius 2 is 1.63 bits per heavy atom. The number of aromatic nitrogens is 1. The van der Waals surface area contributed by atoms with Gasteiger partial charge in [-0.05, 0) is 67.8 Å². The van der Waals surface area contributed by atoms with Crippen LogP contribution >= 0.6 is 11.3 Å². The van der Waals surface area contributed by atoms with Gasteiger partial charge in [-0.25, -0.2) is 13.4 Å². The summed E-state index contributed by atoms with van der Waals surface area (Å²) < 4.78 is 34.8. The van der Waals surface area contributed by atoms with Crippen LogP contribution in [0.4, 0.5) is 5.13 Å². The fraction of sp³-hybridized carbons (Fsp3) is 0.333. The molecule has 0 aliphatic heterocycles. The lowest BCUT2D eigenvalue weighted by Gasteiger charge is -2.08. The molecule has 9 nitrogen and oxygen atoms in total. The number of rotatable bonds is 14. The zero-order valence-corrected chi connectivity index (χ0v) is 21.1. The molecule has 0 radical (unpaired) electrons. The van der Waals surface area contributed by atoms with Crippen molar-refractivity contribution in [1.82, 2.24) is 4.98 Å². The maximum atomic E-state index is 11.6. The smallest absolute Gasteiger partial charge is 0.184 e. The number of sulfone groups is 1. The fourth-order valence-corrected chi connectivity index (χ4v) is 4.39. The first-order chi connectivity index (χ1) is 16.9. The average Bonchev–Trinajstić information content (AvgIpc) is 3.36. The SMILES string of the molecule is CCS(=O)(=O)CNc1nc(-c2ccc(OCCCCCOc3ccc(C(N)=NO)cc3)cc2)cs1. The van der Waals surface area contributed by atoms with Crippen molar-refractivity contribution in [2.45, 2.75) is 26.2 Å². The van der Waals surface area contributed by atoms with Gasteiger partial charge in [0.05, 0.1) is 18.9 Å². The minimum absolute atomic E-state index is 0.0677. The first-order valence-electron chi connectivity index (χ1n) is 11.2. The number of ether oxygens (including phenoxy) is 2. The summed E-state index contributed by atoms with van der Waals surface area (Å²) in [5, 5.41) is 17.0. The van der Waals surface area contributed by atoms with Gasteiger partial charge in [0.1, 0.15) is 17.4 Å². The molecule has 0 saturated heterocycles. The summed E-state index contributed by atoms with van der Waals surface area (Å²) in [6.07, 6.45) is 2.79. The second-order valence-corrected chi connectivity index (χ2v) is 10.9. The van der Waals surface area contributed by atoms with Crippen LogP contribution < -0.4 is 20.5 Å². The number of oxime groups is 1. The van der Waals surface area contributed by atoms with E-state index in [-0.39, 0.29) is 17.5 Å². The third-order valence-electron chi connectivity index (χ3n) is 5.12. The highest BCUT2D eigenvalue weighted by Crippen LogP contribution is 2.26. The number of anilines is 1. The molecule has 0 aliphatic rings. The summed E-state index contributed by atoms with van der Waals surface area (Å²) in [7, 11) is -3.10. The third kappa shape index (κ3) is 8.45. The molecule has 3 aromatic rings. The molecule has 35 heavy (non-hydrogen) atoms. The number of amidine groups is 1. The highest BCUT2D eigenvalue weighted by atomic mass is 32.2. The number of thiazole rings is 1.